The van der Waals surface area contributed by atoms with E-state index in [9.17, 15) is 8.42 Å². The molecule has 0 saturated heterocycles. The van der Waals surface area contributed by atoms with Crippen LogP contribution in [0.25, 0.3) is 11.0 Å². The van der Waals surface area contributed by atoms with Crippen LogP contribution < -0.4 is 0 Å². The maximum Gasteiger partial charge on any atom is 0.147 e. The zero-order valence-corrected chi connectivity index (χ0v) is 13.5. The predicted molar refractivity (Wildman–Crippen MR) is 83.1 cm³/mol. The molecular formula is C14H19ClN2O2S. The molecule has 0 N–H and O–H groups in total. The zero-order valence-electron chi connectivity index (χ0n) is 11.9. The van der Waals surface area contributed by atoms with Crippen molar-refractivity contribution in [3.63, 3.8) is 0 Å². The maximum atomic E-state index is 11.2. The number of para-hydroxylation sites is 1. The van der Waals surface area contributed by atoms with Gasteiger partial charge >= 0.3 is 0 Å². The largest absolute Gasteiger partial charge is 0.327 e. The van der Waals surface area contributed by atoms with E-state index in [2.05, 4.69) is 4.98 Å². The van der Waals surface area contributed by atoms with E-state index in [1.165, 1.54) is 6.26 Å². The Labute approximate surface area is 124 Å². The molecule has 0 bridgehead atoms. The molecule has 0 amide bonds. The number of alkyl halides is 1. The van der Waals surface area contributed by atoms with Crippen LogP contribution in [0.15, 0.2) is 18.2 Å². The number of hydrogen-bond acceptors (Lipinski definition) is 3. The molecule has 1 aromatic carbocycles. The summed E-state index contributed by atoms with van der Waals surface area (Å²) in [5.41, 5.74) is 3.05. The van der Waals surface area contributed by atoms with E-state index >= 15 is 0 Å². The van der Waals surface area contributed by atoms with Crippen LogP contribution in [0.1, 0.15) is 30.1 Å². The topological polar surface area (TPSA) is 52.0 Å². The van der Waals surface area contributed by atoms with Crippen molar-refractivity contribution in [3.8, 4) is 0 Å². The lowest BCUT2D eigenvalue weighted by molar-refractivity contribution is 0.590. The van der Waals surface area contributed by atoms with Crippen molar-refractivity contribution in [2.24, 2.45) is 0 Å². The molecule has 1 unspecified atom stereocenters. The Kier molecular flexibility index (Phi) is 4.39. The van der Waals surface area contributed by atoms with E-state index in [-0.39, 0.29) is 11.1 Å². The van der Waals surface area contributed by atoms with E-state index in [1.807, 2.05) is 36.6 Å². The molecule has 20 heavy (non-hydrogen) atoms. The molecule has 110 valence electrons. The van der Waals surface area contributed by atoms with Crippen molar-refractivity contribution >= 4 is 32.5 Å². The van der Waals surface area contributed by atoms with Gasteiger partial charge in [-0.25, -0.2) is 13.4 Å². The third kappa shape index (κ3) is 3.33. The van der Waals surface area contributed by atoms with Crippen LogP contribution in [0.3, 0.4) is 0 Å². The summed E-state index contributed by atoms with van der Waals surface area (Å²) >= 11 is 6.20. The van der Waals surface area contributed by atoms with Crippen LogP contribution in [0.2, 0.25) is 0 Å². The lowest BCUT2D eigenvalue weighted by atomic mass is 10.2. The van der Waals surface area contributed by atoms with Crippen LogP contribution >= 0.6 is 11.6 Å². The molecule has 0 aliphatic carbocycles. The van der Waals surface area contributed by atoms with Crippen LogP contribution in [-0.4, -0.2) is 30.0 Å². The number of aryl methyl sites for hydroxylation is 2. The Morgan fingerprint density at radius 1 is 1.40 bits per heavy atom. The highest BCUT2D eigenvalue weighted by molar-refractivity contribution is 7.90. The second-order valence-corrected chi connectivity index (χ2v) is 8.08. The van der Waals surface area contributed by atoms with Gasteiger partial charge in [-0.05, 0) is 31.9 Å². The number of fused-ring (bicyclic) bond motifs is 1. The number of aromatic nitrogens is 2. The number of rotatable bonds is 5. The van der Waals surface area contributed by atoms with Crippen molar-refractivity contribution in [1.29, 1.82) is 0 Å². The smallest absolute Gasteiger partial charge is 0.147 e. The summed E-state index contributed by atoms with van der Waals surface area (Å²) in [4.78, 5) is 4.61. The number of nitrogens with zero attached hydrogens (tertiary/aromatic N) is 2. The summed E-state index contributed by atoms with van der Waals surface area (Å²) < 4.78 is 24.5. The first-order valence-corrected chi connectivity index (χ1v) is 9.07. The van der Waals surface area contributed by atoms with Gasteiger partial charge in [0.2, 0.25) is 0 Å². The Balaban J connectivity index is 2.39. The summed E-state index contributed by atoms with van der Waals surface area (Å²) in [6, 6.07) is 5.99. The van der Waals surface area contributed by atoms with Crippen molar-refractivity contribution in [2.75, 3.05) is 12.0 Å². The Morgan fingerprint density at radius 3 is 2.70 bits per heavy atom. The van der Waals surface area contributed by atoms with Gasteiger partial charge in [0.05, 0.1) is 22.2 Å². The Morgan fingerprint density at radius 2 is 2.10 bits per heavy atom. The second kappa shape index (κ2) is 5.74. The maximum absolute atomic E-state index is 11.2. The average molecular weight is 315 g/mol. The summed E-state index contributed by atoms with van der Waals surface area (Å²) in [7, 11) is -2.94. The molecule has 0 fully saturated rings. The molecule has 1 heterocycles. The van der Waals surface area contributed by atoms with E-state index in [0.717, 1.165) is 22.4 Å². The molecule has 0 saturated carbocycles. The second-order valence-electron chi connectivity index (χ2n) is 5.16. The van der Waals surface area contributed by atoms with E-state index in [4.69, 9.17) is 11.6 Å². The lowest BCUT2D eigenvalue weighted by Crippen LogP contribution is -2.10. The summed E-state index contributed by atoms with van der Waals surface area (Å²) in [6.07, 6.45) is 1.82. The minimum atomic E-state index is -2.94. The van der Waals surface area contributed by atoms with Gasteiger partial charge < -0.3 is 4.57 Å². The summed E-state index contributed by atoms with van der Waals surface area (Å²) in [5.74, 6) is 0.971. The highest BCUT2D eigenvalue weighted by atomic mass is 35.5. The molecule has 4 nitrogen and oxygen atoms in total. The average Bonchev–Trinajstić information content (AvgIpc) is 2.68. The third-order valence-corrected chi connectivity index (χ3v) is 4.49. The monoisotopic (exact) mass is 314 g/mol. The van der Waals surface area contributed by atoms with Gasteiger partial charge in [0.25, 0.3) is 0 Å². The number of sulfone groups is 1. The van der Waals surface area contributed by atoms with Gasteiger partial charge in [-0.2, -0.15) is 0 Å². The van der Waals surface area contributed by atoms with E-state index in [1.54, 1.807) is 0 Å². The fourth-order valence-electron chi connectivity index (χ4n) is 2.33. The minimum absolute atomic E-state index is 0.175. The van der Waals surface area contributed by atoms with Crippen molar-refractivity contribution < 1.29 is 8.42 Å². The molecule has 6 heteroatoms. The lowest BCUT2D eigenvalue weighted by Gasteiger charge is -2.10. The molecule has 0 spiro atoms. The first-order chi connectivity index (χ1) is 9.29. The molecular weight excluding hydrogens is 296 g/mol. The van der Waals surface area contributed by atoms with E-state index in [0.29, 0.717) is 13.0 Å². The van der Waals surface area contributed by atoms with Crippen LogP contribution in [0.4, 0.5) is 0 Å². The SMILES string of the molecule is Cc1cccc2c1nc(C(C)Cl)n2CCCS(C)(=O)=O. The number of benzene rings is 1. The highest BCUT2D eigenvalue weighted by Crippen LogP contribution is 2.26. The molecule has 0 aliphatic heterocycles. The van der Waals surface area contributed by atoms with Gasteiger partial charge in [-0.3, -0.25) is 0 Å². The quantitative estimate of drug-likeness (QED) is 0.797. The Hall–Kier alpha value is -1.07. The number of halogens is 1. The zero-order chi connectivity index (χ0) is 14.9. The van der Waals surface area contributed by atoms with Crippen LogP contribution in [0, 0.1) is 6.92 Å². The third-order valence-electron chi connectivity index (χ3n) is 3.26. The fourth-order valence-corrected chi connectivity index (χ4v) is 3.15. The molecule has 2 rings (SSSR count). The Bertz CT molecular complexity index is 720. The van der Waals surface area contributed by atoms with Gasteiger partial charge in [0.15, 0.2) is 0 Å². The van der Waals surface area contributed by atoms with Crippen molar-refractivity contribution in [1.82, 2.24) is 9.55 Å². The number of hydrogen-bond donors (Lipinski definition) is 0. The van der Waals surface area contributed by atoms with Gasteiger partial charge in [-0.15, -0.1) is 11.6 Å². The van der Waals surface area contributed by atoms with Crippen LogP contribution in [-0.2, 0) is 16.4 Å². The minimum Gasteiger partial charge on any atom is -0.327 e. The number of imidazole rings is 1. The predicted octanol–water partition coefficient (Wildman–Crippen LogP) is 3.08. The normalized spacial score (nSPS) is 13.8. The van der Waals surface area contributed by atoms with Gasteiger partial charge in [0.1, 0.15) is 15.7 Å². The van der Waals surface area contributed by atoms with Gasteiger partial charge in [0, 0.05) is 12.8 Å². The van der Waals surface area contributed by atoms with Gasteiger partial charge in [-0.1, -0.05) is 12.1 Å². The standard InChI is InChI=1S/C14H19ClN2O2S/c1-10-6-4-7-12-13(10)16-14(11(2)15)17(12)8-5-9-20(3,18)19/h4,6-7,11H,5,8-9H2,1-3H3. The molecule has 2 aromatic rings. The first-order valence-electron chi connectivity index (χ1n) is 6.57. The first kappa shape index (κ1) is 15.3. The van der Waals surface area contributed by atoms with Crippen LogP contribution in [0.5, 0.6) is 0 Å². The van der Waals surface area contributed by atoms with Crippen molar-refractivity contribution in [2.45, 2.75) is 32.2 Å². The highest BCUT2D eigenvalue weighted by Gasteiger charge is 2.16. The molecule has 1 atom stereocenters. The molecule has 0 aliphatic rings. The van der Waals surface area contributed by atoms with Crippen molar-refractivity contribution in [3.05, 3.63) is 29.6 Å². The summed E-state index contributed by atoms with van der Waals surface area (Å²) in [5, 5.41) is -0.208. The van der Waals surface area contributed by atoms with E-state index < -0.39 is 9.84 Å². The molecule has 0 radical (unpaired) electrons. The fraction of sp³-hybridized carbons (Fsp3) is 0.500. The molecule has 1 aromatic heterocycles. The summed E-state index contributed by atoms with van der Waals surface area (Å²) in [6.45, 7) is 4.50.